The van der Waals surface area contributed by atoms with Crippen molar-refractivity contribution < 1.29 is 31.6 Å². The highest BCUT2D eigenvalue weighted by atomic mass is 32.2. The zero-order valence-corrected chi connectivity index (χ0v) is 16.5. The summed E-state index contributed by atoms with van der Waals surface area (Å²) in [6, 6.07) is 3.62. The maximum Gasteiger partial charge on any atom is 0.338 e. The standard InChI is InChI=1S/C19H27FO6S/c1-3-19(2,15-7-5-4-6-8-15)26-17-13-14(9-10-16(17)20)18(21)25-11-12-27(22,23)24/h9-10,13,15H,3-8,11-12H2,1-2H3,(H,22,23,24)/p-1. The summed E-state index contributed by atoms with van der Waals surface area (Å²) >= 11 is 0. The van der Waals surface area contributed by atoms with Gasteiger partial charge in [0.15, 0.2) is 11.6 Å². The Bertz CT molecular complexity index is 757. The number of benzene rings is 1. The molecule has 0 heterocycles. The first kappa shape index (κ1) is 21.6. The van der Waals surface area contributed by atoms with Gasteiger partial charge in [-0.1, -0.05) is 26.2 Å². The summed E-state index contributed by atoms with van der Waals surface area (Å²) in [6.45, 7) is 3.41. The number of hydrogen-bond donors (Lipinski definition) is 0. The topological polar surface area (TPSA) is 92.7 Å². The summed E-state index contributed by atoms with van der Waals surface area (Å²) in [5, 5.41) is 0. The van der Waals surface area contributed by atoms with E-state index in [1.165, 1.54) is 18.6 Å². The van der Waals surface area contributed by atoms with Crippen LogP contribution in [0.15, 0.2) is 18.2 Å². The van der Waals surface area contributed by atoms with E-state index in [1.807, 2.05) is 13.8 Å². The summed E-state index contributed by atoms with van der Waals surface area (Å²) in [5.74, 6) is -1.94. The van der Waals surface area contributed by atoms with E-state index in [0.717, 1.165) is 31.7 Å². The van der Waals surface area contributed by atoms with Crippen molar-refractivity contribution in [1.82, 2.24) is 0 Å². The Labute approximate surface area is 159 Å². The van der Waals surface area contributed by atoms with E-state index >= 15 is 0 Å². The zero-order chi connectivity index (χ0) is 20.1. The molecular formula is C19H26FO6S-. The monoisotopic (exact) mass is 401 g/mol. The van der Waals surface area contributed by atoms with E-state index < -0.39 is 39.9 Å². The normalized spacial score (nSPS) is 17.9. The quantitative estimate of drug-likeness (QED) is 0.488. The minimum atomic E-state index is -4.47. The zero-order valence-electron chi connectivity index (χ0n) is 15.7. The Hall–Kier alpha value is -1.67. The molecule has 1 aromatic rings. The molecule has 1 aliphatic rings. The first-order valence-corrected chi connectivity index (χ1v) is 10.8. The van der Waals surface area contributed by atoms with Gasteiger partial charge in [-0.3, -0.25) is 0 Å². The summed E-state index contributed by atoms with van der Waals surface area (Å²) in [6.07, 6.45) is 6.20. The van der Waals surface area contributed by atoms with E-state index in [0.29, 0.717) is 12.3 Å². The van der Waals surface area contributed by atoms with Gasteiger partial charge < -0.3 is 14.0 Å². The van der Waals surface area contributed by atoms with Crippen LogP contribution in [-0.4, -0.2) is 36.9 Å². The van der Waals surface area contributed by atoms with Crippen molar-refractivity contribution in [1.29, 1.82) is 0 Å². The second kappa shape index (κ2) is 9.01. The summed E-state index contributed by atoms with van der Waals surface area (Å²) < 4.78 is 56.8. The number of carbonyl (C=O) groups is 1. The predicted octanol–water partition coefficient (Wildman–Crippen LogP) is 3.66. The Morgan fingerprint density at radius 1 is 1.30 bits per heavy atom. The number of esters is 1. The van der Waals surface area contributed by atoms with Crippen molar-refractivity contribution in [3.05, 3.63) is 29.6 Å². The van der Waals surface area contributed by atoms with Crippen LogP contribution in [-0.2, 0) is 14.9 Å². The van der Waals surface area contributed by atoms with Crippen LogP contribution in [0.3, 0.4) is 0 Å². The molecule has 2 rings (SSSR count). The molecule has 0 bridgehead atoms. The lowest BCUT2D eigenvalue weighted by molar-refractivity contribution is 0.00157. The molecule has 1 saturated carbocycles. The van der Waals surface area contributed by atoms with Crippen LogP contribution in [0.5, 0.6) is 5.75 Å². The van der Waals surface area contributed by atoms with Gasteiger partial charge >= 0.3 is 5.97 Å². The SMILES string of the molecule is CCC(C)(Oc1cc(C(=O)OCCS(=O)(=O)[O-])ccc1F)C1CCCCC1. The van der Waals surface area contributed by atoms with Gasteiger partial charge in [0.05, 0.1) is 21.4 Å². The van der Waals surface area contributed by atoms with Gasteiger partial charge in [-0.25, -0.2) is 17.6 Å². The van der Waals surface area contributed by atoms with Crippen molar-refractivity contribution in [2.45, 2.75) is 58.0 Å². The Kier molecular flexibility index (Phi) is 7.22. The largest absolute Gasteiger partial charge is 0.748 e. The first-order valence-electron chi connectivity index (χ1n) is 9.24. The van der Waals surface area contributed by atoms with Gasteiger partial charge in [0.25, 0.3) is 0 Å². The average molecular weight is 401 g/mol. The van der Waals surface area contributed by atoms with Crippen molar-refractivity contribution in [3.8, 4) is 5.75 Å². The van der Waals surface area contributed by atoms with Crippen molar-refractivity contribution in [3.63, 3.8) is 0 Å². The fraction of sp³-hybridized carbons (Fsp3) is 0.632. The van der Waals surface area contributed by atoms with Gasteiger partial charge in [0.2, 0.25) is 0 Å². The highest BCUT2D eigenvalue weighted by molar-refractivity contribution is 7.85. The molecule has 1 fully saturated rings. The van der Waals surface area contributed by atoms with E-state index in [1.54, 1.807) is 0 Å². The molecule has 1 atom stereocenters. The lowest BCUT2D eigenvalue weighted by atomic mass is 9.76. The third-order valence-electron chi connectivity index (χ3n) is 5.25. The smallest absolute Gasteiger partial charge is 0.338 e. The molecular weight excluding hydrogens is 375 g/mol. The highest BCUT2D eigenvalue weighted by Gasteiger charge is 2.36. The maximum atomic E-state index is 14.3. The highest BCUT2D eigenvalue weighted by Crippen LogP contribution is 2.38. The van der Waals surface area contributed by atoms with Gasteiger partial charge in [-0.15, -0.1) is 0 Å². The molecule has 1 aliphatic carbocycles. The van der Waals surface area contributed by atoms with Gasteiger partial charge in [0, 0.05) is 0 Å². The van der Waals surface area contributed by atoms with Gasteiger partial charge in [0.1, 0.15) is 12.2 Å². The maximum absolute atomic E-state index is 14.3. The molecule has 0 N–H and O–H groups in total. The second-order valence-electron chi connectivity index (χ2n) is 7.15. The van der Waals surface area contributed by atoms with Crippen molar-refractivity contribution in [2.75, 3.05) is 12.4 Å². The fourth-order valence-electron chi connectivity index (χ4n) is 3.44. The van der Waals surface area contributed by atoms with Crippen LogP contribution in [0.25, 0.3) is 0 Å². The number of hydrogen-bond acceptors (Lipinski definition) is 6. The van der Waals surface area contributed by atoms with E-state index in [-0.39, 0.29) is 11.3 Å². The fourth-order valence-corrected chi connectivity index (χ4v) is 3.72. The van der Waals surface area contributed by atoms with Gasteiger partial charge in [-0.05, 0) is 50.3 Å². The molecule has 0 aromatic heterocycles. The lowest BCUT2D eigenvalue weighted by Crippen LogP contribution is -2.41. The Morgan fingerprint density at radius 3 is 2.56 bits per heavy atom. The van der Waals surface area contributed by atoms with Crippen LogP contribution in [0, 0.1) is 11.7 Å². The molecule has 152 valence electrons. The lowest BCUT2D eigenvalue weighted by Gasteiger charge is -2.39. The van der Waals surface area contributed by atoms with E-state index in [9.17, 15) is 22.2 Å². The third-order valence-corrected chi connectivity index (χ3v) is 5.91. The summed E-state index contributed by atoms with van der Waals surface area (Å²) in [5.41, 5.74) is -0.503. The van der Waals surface area contributed by atoms with Crippen LogP contribution in [0.4, 0.5) is 4.39 Å². The molecule has 1 unspecified atom stereocenters. The molecule has 0 radical (unpaired) electrons. The summed E-state index contributed by atoms with van der Waals surface area (Å²) in [4.78, 5) is 12.0. The van der Waals surface area contributed by atoms with Crippen LogP contribution in [0.1, 0.15) is 62.7 Å². The molecule has 6 nitrogen and oxygen atoms in total. The molecule has 8 heteroatoms. The Morgan fingerprint density at radius 2 is 1.96 bits per heavy atom. The molecule has 0 spiro atoms. The molecule has 0 aliphatic heterocycles. The van der Waals surface area contributed by atoms with Crippen molar-refractivity contribution in [2.24, 2.45) is 5.92 Å². The predicted molar refractivity (Wildman–Crippen MR) is 97.1 cm³/mol. The first-order chi connectivity index (χ1) is 12.6. The number of carbonyl (C=O) groups excluding carboxylic acids is 1. The average Bonchev–Trinajstić information content (AvgIpc) is 2.63. The van der Waals surface area contributed by atoms with Crippen LogP contribution < -0.4 is 4.74 Å². The minimum absolute atomic E-state index is 0.0316. The molecule has 1 aromatic carbocycles. The number of ether oxygens (including phenoxy) is 2. The van der Waals surface area contributed by atoms with E-state index in [2.05, 4.69) is 0 Å². The second-order valence-corrected chi connectivity index (χ2v) is 8.67. The molecule has 0 saturated heterocycles. The minimum Gasteiger partial charge on any atom is -0.748 e. The van der Waals surface area contributed by atoms with Crippen LogP contribution in [0.2, 0.25) is 0 Å². The summed E-state index contributed by atoms with van der Waals surface area (Å²) in [7, 11) is -4.47. The number of rotatable bonds is 8. The van der Waals surface area contributed by atoms with Gasteiger partial charge in [-0.2, -0.15) is 0 Å². The van der Waals surface area contributed by atoms with E-state index in [4.69, 9.17) is 9.47 Å². The van der Waals surface area contributed by atoms with Crippen LogP contribution >= 0.6 is 0 Å². The van der Waals surface area contributed by atoms with Crippen molar-refractivity contribution >= 4 is 16.1 Å². The third kappa shape index (κ3) is 6.17. The number of halogens is 1. The molecule has 0 amide bonds. The Balaban J connectivity index is 2.12. The molecule has 27 heavy (non-hydrogen) atoms.